The molecule has 0 radical (unpaired) electrons. The molecule has 3 atom stereocenters. The zero-order valence-corrected chi connectivity index (χ0v) is 13.8. The van der Waals surface area contributed by atoms with E-state index in [1.54, 1.807) is 6.26 Å². The van der Waals surface area contributed by atoms with Gasteiger partial charge in [0.05, 0.1) is 19.0 Å². The predicted molar refractivity (Wildman–Crippen MR) is 86.1 cm³/mol. The van der Waals surface area contributed by atoms with Crippen LogP contribution in [0.1, 0.15) is 37.9 Å². The molecule has 0 aromatic carbocycles. The van der Waals surface area contributed by atoms with Crippen LogP contribution in [0, 0.1) is 5.92 Å². The van der Waals surface area contributed by atoms with Crippen LogP contribution in [0.2, 0.25) is 0 Å². The summed E-state index contributed by atoms with van der Waals surface area (Å²) in [5.41, 5.74) is 0. The Bertz CT molecular complexity index is 536. The largest absolute Gasteiger partial charge is 0.469 e. The monoisotopic (exact) mass is 318 g/mol. The van der Waals surface area contributed by atoms with Crippen LogP contribution < -0.4 is 0 Å². The van der Waals surface area contributed by atoms with Gasteiger partial charge in [-0.25, -0.2) is 0 Å². The van der Waals surface area contributed by atoms with Crippen molar-refractivity contribution >= 4 is 5.91 Å². The number of likely N-dealkylation sites (tertiary alicyclic amines) is 1. The summed E-state index contributed by atoms with van der Waals surface area (Å²) in [6.07, 6.45) is 5.17. The Morgan fingerprint density at radius 3 is 2.78 bits per heavy atom. The minimum Gasteiger partial charge on any atom is -0.469 e. The average Bonchev–Trinajstić information content (AvgIpc) is 3.19. The van der Waals surface area contributed by atoms with E-state index in [-0.39, 0.29) is 5.92 Å². The van der Waals surface area contributed by atoms with Crippen molar-refractivity contribution in [3.8, 4) is 0 Å². The summed E-state index contributed by atoms with van der Waals surface area (Å²) in [5, 5.41) is 0. The number of rotatable bonds is 3. The number of amides is 1. The Morgan fingerprint density at radius 2 is 2.09 bits per heavy atom. The second-order valence-electron chi connectivity index (χ2n) is 7.20. The maximum Gasteiger partial charge on any atom is 0.226 e. The van der Waals surface area contributed by atoms with Gasteiger partial charge in [-0.2, -0.15) is 0 Å². The van der Waals surface area contributed by atoms with Crippen LogP contribution in [-0.4, -0.2) is 60.6 Å². The molecule has 2 aliphatic heterocycles. The van der Waals surface area contributed by atoms with E-state index in [9.17, 15) is 4.79 Å². The fourth-order valence-electron chi connectivity index (χ4n) is 4.15. The number of hydrogen-bond donors (Lipinski definition) is 0. The third-order valence-electron chi connectivity index (χ3n) is 5.58. The normalized spacial score (nSPS) is 32.9. The molecule has 0 N–H and O–H groups in total. The number of nitrogens with zero attached hydrogens (tertiary/aromatic N) is 2. The molecule has 0 bridgehead atoms. The Hall–Kier alpha value is -1.33. The fourth-order valence-corrected chi connectivity index (χ4v) is 4.15. The van der Waals surface area contributed by atoms with Gasteiger partial charge in [-0.3, -0.25) is 9.69 Å². The minimum atomic E-state index is 0.154. The molecule has 1 aromatic rings. The Labute approximate surface area is 137 Å². The van der Waals surface area contributed by atoms with Crippen LogP contribution in [0.15, 0.2) is 22.8 Å². The molecule has 2 saturated heterocycles. The molecule has 3 fully saturated rings. The van der Waals surface area contributed by atoms with E-state index >= 15 is 0 Å². The van der Waals surface area contributed by atoms with Gasteiger partial charge in [0.15, 0.2) is 0 Å². The van der Waals surface area contributed by atoms with Gasteiger partial charge in [0, 0.05) is 44.1 Å². The van der Waals surface area contributed by atoms with Crippen LogP contribution in [-0.2, 0) is 9.53 Å². The lowest BCUT2D eigenvalue weighted by atomic mass is 10.0. The fraction of sp³-hybridized carbons (Fsp3) is 0.722. The van der Waals surface area contributed by atoms with Crippen molar-refractivity contribution in [2.24, 2.45) is 5.92 Å². The number of furan rings is 1. The minimum absolute atomic E-state index is 0.154. The second-order valence-corrected chi connectivity index (χ2v) is 7.20. The van der Waals surface area contributed by atoms with Crippen LogP contribution in [0.25, 0.3) is 0 Å². The Morgan fingerprint density at radius 1 is 1.26 bits per heavy atom. The highest BCUT2D eigenvalue weighted by molar-refractivity contribution is 5.83. The summed E-state index contributed by atoms with van der Waals surface area (Å²) in [6.45, 7) is 6.85. The number of hydrogen-bond acceptors (Lipinski definition) is 4. The van der Waals surface area contributed by atoms with Crippen molar-refractivity contribution in [2.75, 3.05) is 32.8 Å². The molecular formula is C18H26N2O3. The van der Waals surface area contributed by atoms with Crippen molar-refractivity contribution in [2.45, 2.75) is 44.2 Å². The summed E-state index contributed by atoms with van der Waals surface area (Å²) in [4.78, 5) is 17.3. The van der Waals surface area contributed by atoms with Crippen molar-refractivity contribution in [1.82, 2.24) is 9.80 Å². The zero-order chi connectivity index (χ0) is 15.8. The first-order valence-electron chi connectivity index (χ1n) is 8.90. The van der Waals surface area contributed by atoms with E-state index in [0.29, 0.717) is 24.0 Å². The van der Waals surface area contributed by atoms with E-state index < -0.39 is 0 Å². The van der Waals surface area contributed by atoms with Crippen LogP contribution >= 0.6 is 0 Å². The standard InChI is InChI=1S/C18H26N2O3/c1-13-12-20(8-10-22-13)14-4-6-19(7-5-14)18(21)16-11-15(16)17-3-2-9-23-17/h2-3,9,13-16H,4-8,10-12H2,1H3/t13-,15-,16+/m1/s1. The first kappa shape index (κ1) is 15.2. The van der Waals surface area contributed by atoms with E-state index in [2.05, 4.69) is 16.7 Å². The molecule has 3 aliphatic rings. The van der Waals surface area contributed by atoms with Gasteiger partial charge >= 0.3 is 0 Å². The number of piperidine rings is 1. The quantitative estimate of drug-likeness (QED) is 0.856. The number of carbonyl (C=O) groups is 1. The summed E-state index contributed by atoms with van der Waals surface area (Å²) < 4.78 is 11.1. The highest BCUT2D eigenvalue weighted by Gasteiger charge is 2.48. The zero-order valence-electron chi connectivity index (χ0n) is 13.8. The van der Waals surface area contributed by atoms with Crippen molar-refractivity contribution in [3.05, 3.63) is 24.2 Å². The Balaban J connectivity index is 1.27. The molecule has 3 heterocycles. The summed E-state index contributed by atoms with van der Waals surface area (Å²) in [5.74, 6) is 1.78. The van der Waals surface area contributed by atoms with E-state index in [0.717, 1.165) is 57.8 Å². The molecule has 1 saturated carbocycles. The maximum atomic E-state index is 12.7. The van der Waals surface area contributed by atoms with E-state index in [1.807, 2.05) is 12.1 Å². The van der Waals surface area contributed by atoms with E-state index in [4.69, 9.17) is 9.15 Å². The highest BCUT2D eigenvalue weighted by Crippen LogP contribution is 2.48. The van der Waals surface area contributed by atoms with Gasteiger partial charge in [-0.05, 0) is 38.3 Å². The molecule has 0 spiro atoms. The molecule has 5 heteroatoms. The third-order valence-corrected chi connectivity index (χ3v) is 5.58. The lowest BCUT2D eigenvalue weighted by molar-refractivity contribution is -0.134. The molecule has 4 rings (SSSR count). The van der Waals surface area contributed by atoms with Crippen LogP contribution in [0.5, 0.6) is 0 Å². The Kier molecular flexibility index (Phi) is 4.16. The lowest BCUT2D eigenvalue weighted by Gasteiger charge is -2.41. The summed E-state index contributed by atoms with van der Waals surface area (Å²) >= 11 is 0. The van der Waals surface area contributed by atoms with Gasteiger partial charge in [0.1, 0.15) is 5.76 Å². The lowest BCUT2D eigenvalue weighted by Crippen LogP contribution is -2.52. The highest BCUT2D eigenvalue weighted by atomic mass is 16.5. The smallest absolute Gasteiger partial charge is 0.226 e. The number of morpholine rings is 1. The molecular weight excluding hydrogens is 292 g/mol. The van der Waals surface area contributed by atoms with Gasteiger partial charge in [-0.15, -0.1) is 0 Å². The first-order chi connectivity index (χ1) is 11.2. The van der Waals surface area contributed by atoms with Crippen molar-refractivity contribution in [1.29, 1.82) is 0 Å². The van der Waals surface area contributed by atoms with Gasteiger partial charge in [0.25, 0.3) is 0 Å². The van der Waals surface area contributed by atoms with Crippen LogP contribution in [0.3, 0.4) is 0 Å². The molecule has 1 aliphatic carbocycles. The molecule has 126 valence electrons. The molecule has 23 heavy (non-hydrogen) atoms. The summed E-state index contributed by atoms with van der Waals surface area (Å²) in [7, 11) is 0. The van der Waals surface area contributed by atoms with Crippen molar-refractivity contribution < 1.29 is 13.9 Å². The van der Waals surface area contributed by atoms with Crippen molar-refractivity contribution in [3.63, 3.8) is 0 Å². The molecule has 1 amide bonds. The predicted octanol–water partition coefficient (Wildman–Crippen LogP) is 2.09. The summed E-state index contributed by atoms with van der Waals surface area (Å²) in [6, 6.07) is 4.51. The van der Waals surface area contributed by atoms with Gasteiger partial charge < -0.3 is 14.1 Å². The van der Waals surface area contributed by atoms with Gasteiger partial charge in [-0.1, -0.05) is 0 Å². The molecule has 5 nitrogen and oxygen atoms in total. The second kappa shape index (κ2) is 6.29. The topological polar surface area (TPSA) is 45.9 Å². The van der Waals surface area contributed by atoms with Crippen LogP contribution in [0.4, 0.5) is 0 Å². The maximum absolute atomic E-state index is 12.7. The molecule has 1 aromatic heterocycles. The molecule has 0 unspecified atom stereocenters. The number of carbonyl (C=O) groups excluding carboxylic acids is 1. The SMILES string of the molecule is C[C@@H]1CN(C2CCN(C(=O)[C@H]3C[C@H]3c3ccco3)CC2)CCO1. The first-order valence-corrected chi connectivity index (χ1v) is 8.90. The number of ether oxygens (including phenoxy) is 1. The average molecular weight is 318 g/mol. The van der Waals surface area contributed by atoms with E-state index in [1.165, 1.54) is 0 Å². The third kappa shape index (κ3) is 3.17. The van der Waals surface area contributed by atoms with Gasteiger partial charge in [0.2, 0.25) is 5.91 Å².